The van der Waals surface area contributed by atoms with Crippen molar-refractivity contribution in [1.29, 1.82) is 0 Å². The van der Waals surface area contributed by atoms with E-state index in [2.05, 4.69) is 17.3 Å². The Kier molecular flexibility index (Phi) is 5.31. The molecule has 1 aromatic rings. The van der Waals surface area contributed by atoms with Gasteiger partial charge >= 0.3 is 0 Å². The largest absolute Gasteiger partial charge is 0.389 e. The minimum Gasteiger partial charge on any atom is -0.389 e. The molecule has 0 aliphatic carbocycles. The maximum Gasteiger partial charge on any atom is 0.0897 e. The van der Waals surface area contributed by atoms with E-state index in [1.54, 1.807) is 13.3 Å². The number of methoxy groups -OCH3 is 1. The predicted octanol–water partition coefficient (Wildman–Crippen LogP) is -0.131. The van der Waals surface area contributed by atoms with E-state index in [4.69, 9.17) is 4.74 Å². The smallest absolute Gasteiger partial charge is 0.0897 e. The van der Waals surface area contributed by atoms with Crippen LogP contribution in [0.3, 0.4) is 0 Å². The number of nitrogens with zero attached hydrogens (tertiary/aromatic N) is 2. The maximum absolute atomic E-state index is 9.41. The van der Waals surface area contributed by atoms with Gasteiger partial charge in [-0.3, -0.25) is 4.68 Å². The third kappa shape index (κ3) is 4.92. The molecule has 0 aliphatic rings. The lowest BCUT2D eigenvalue weighted by atomic mass is 10.3. The fourth-order valence-corrected chi connectivity index (χ4v) is 1.34. The van der Waals surface area contributed by atoms with Crippen LogP contribution in [0.1, 0.15) is 6.92 Å². The van der Waals surface area contributed by atoms with Crippen molar-refractivity contribution in [1.82, 2.24) is 15.1 Å². The van der Waals surface area contributed by atoms with E-state index in [1.165, 1.54) is 0 Å². The van der Waals surface area contributed by atoms with Gasteiger partial charge < -0.3 is 15.2 Å². The predicted molar refractivity (Wildman–Crippen MR) is 57.6 cm³/mol. The molecule has 5 nitrogen and oxygen atoms in total. The van der Waals surface area contributed by atoms with Crippen molar-refractivity contribution in [3.63, 3.8) is 0 Å². The van der Waals surface area contributed by atoms with Gasteiger partial charge in [-0.1, -0.05) is 0 Å². The molecule has 2 N–H and O–H groups in total. The average Bonchev–Trinajstić information content (AvgIpc) is 2.68. The van der Waals surface area contributed by atoms with Gasteiger partial charge in [-0.05, 0) is 13.0 Å². The quantitative estimate of drug-likeness (QED) is 0.662. The first-order valence-corrected chi connectivity index (χ1v) is 5.10. The summed E-state index contributed by atoms with van der Waals surface area (Å²) < 4.78 is 6.70. The van der Waals surface area contributed by atoms with Crippen molar-refractivity contribution in [2.75, 3.05) is 20.3 Å². The van der Waals surface area contributed by atoms with Crippen molar-refractivity contribution in [3.8, 4) is 0 Å². The van der Waals surface area contributed by atoms with E-state index in [1.807, 2.05) is 16.9 Å². The average molecular weight is 213 g/mol. The molecule has 15 heavy (non-hydrogen) atoms. The van der Waals surface area contributed by atoms with E-state index in [0.717, 1.165) is 6.54 Å². The minimum absolute atomic E-state index is 0.274. The van der Waals surface area contributed by atoms with Crippen LogP contribution >= 0.6 is 0 Å². The molecular formula is C10H19N3O2. The summed E-state index contributed by atoms with van der Waals surface area (Å²) in [5.74, 6) is 0. The molecule has 0 bridgehead atoms. The third-order valence-corrected chi connectivity index (χ3v) is 2.08. The van der Waals surface area contributed by atoms with Gasteiger partial charge in [-0.25, -0.2) is 0 Å². The van der Waals surface area contributed by atoms with Gasteiger partial charge in [-0.2, -0.15) is 5.10 Å². The van der Waals surface area contributed by atoms with Crippen LogP contribution in [-0.2, 0) is 11.3 Å². The number of rotatable bonds is 7. The Hall–Kier alpha value is -0.910. The summed E-state index contributed by atoms with van der Waals surface area (Å²) in [5, 5.41) is 16.7. The second kappa shape index (κ2) is 6.55. The molecule has 0 aromatic carbocycles. The van der Waals surface area contributed by atoms with E-state index in [-0.39, 0.29) is 6.04 Å². The molecular weight excluding hydrogens is 194 g/mol. The van der Waals surface area contributed by atoms with Crippen LogP contribution in [-0.4, -0.2) is 47.3 Å². The summed E-state index contributed by atoms with van der Waals surface area (Å²) in [4.78, 5) is 0. The first-order chi connectivity index (χ1) is 7.22. The third-order valence-electron chi connectivity index (χ3n) is 2.08. The van der Waals surface area contributed by atoms with E-state index < -0.39 is 6.10 Å². The summed E-state index contributed by atoms with van der Waals surface area (Å²) >= 11 is 0. The van der Waals surface area contributed by atoms with Crippen molar-refractivity contribution in [2.24, 2.45) is 0 Å². The second-order valence-electron chi connectivity index (χ2n) is 3.65. The van der Waals surface area contributed by atoms with E-state index in [9.17, 15) is 5.11 Å². The number of hydrogen-bond donors (Lipinski definition) is 2. The number of nitrogens with one attached hydrogen (secondary N) is 1. The lowest BCUT2D eigenvalue weighted by molar-refractivity contribution is 0.0626. The first kappa shape index (κ1) is 12.2. The SMILES string of the molecule is COCC(O)CNC(C)Cn1cccn1. The monoisotopic (exact) mass is 213 g/mol. The lowest BCUT2D eigenvalue weighted by Crippen LogP contribution is -2.38. The summed E-state index contributed by atoms with van der Waals surface area (Å²) in [7, 11) is 1.58. The van der Waals surface area contributed by atoms with Crippen LogP contribution in [0, 0.1) is 0 Å². The molecule has 1 aromatic heterocycles. The molecule has 0 radical (unpaired) electrons. The molecule has 0 spiro atoms. The van der Waals surface area contributed by atoms with Gasteiger partial charge in [-0.15, -0.1) is 0 Å². The fraction of sp³-hybridized carbons (Fsp3) is 0.700. The highest BCUT2D eigenvalue weighted by atomic mass is 16.5. The minimum atomic E-state index is -0.449. The molecule has 0 fully saturated rings. The molecule has 0 saturated carbocycles. The number of aromatic nitrogens is 2. The Bertz CT molecular complexity index is 251. The number of hydrogen-bond acceptors (Lipinski definition) is 4. The molecule has 5 heteroatoms. The number of aliphatic hydroxyl groups excluding tert-OH is 1. The van der Waals surface area contributed by atoms with Gasteiger partial charge in [0.2, 0.25) is 0 Å². The number of ether oxygens (including phenoxy) is 1. The van der Waals surface area contributed by atoms with Crippen LogP contribution < -0.4 is 5.32 Å². The lowest BCUT2D eigenvalue weighted by Gasteiger charge is -2.16. The van der Waals surface area contributed by atoms with Gasteiger partial charge in [0.05, 0.1) is 19.3 Å². The van der Waals surface area contributed by atoms with Crippen molar-refractivity contribution >= 4 is 0 Å². The van der Waals surface area contributed by atoms with E-state index in [0.29, 0.717) is 13.2 Å². The zero-order valence-corrected chi connectivity index (χ0v) is 9.26. The highest BCUT2D eigenvalue weighted by Gasteiger charge is 2.06. The fourth-order valence-electron chi connectivity index (χ4n) is 1.34. The van der Waals surface area contributed by atoms with Crippen molar-refractivity contribution in [2.45, 2.75) is 25.6 Å². The standard InChI is InChI=1S/C10H19N3O2/c1-9(7-13-5-3-4-12-13)11-6-10(14)8-15-2/h3-5,9-11,14H,6-8H2,1-2H3. The van der Waals surface area contributed by atoms with Crippen LogP contribution in [0.15, 0.2) is 18.5 Å². The molecule has 0 saturated heterocycles. The topological polar surface area (TPSA) is 59.3 Å². The second-order valence-corrected chi connectivity index (χ2v) is 3.65. The molecule has 86 valence electrons. The van der Waals surface area contributed by atoms with Crippen molar-refractivity contribution < 1.29 is 9.84 Å². The molecule has 2 unspecified atom stereocenters. The Labute approximate surface area is 90.1 Å². The summed E-state index contributed by atoms with van der Waals surface area (Å²) in [6, 6.07) is 2.17. The molecule has 0 amide bonds. The van der Waals surface area contributed by atoms with Crippen molar-refractivity contribution in [3.05, 3.63) is 18.5 Å². The van der Waals surface area contributed by atoms with Gasteiger partial charge in [0.1, 0.15) is 0 Å². The zero-order chi connectivity index (χ0) is 11.1. The number of aliphatic hydroxyl groups is 1. The van der Waals surface area contributed by atoms with Gasteiger partial charge in [0.15, 0.2) is 0 Å². The van der Waals surface area contributed by atoms with E-state index >= 15 is 0 Å². The highest BCUT2D eigenvalue weighted by molar-refractivity contribution is 4.79. The Balaban J connectivity index is 2.16. The van der Waals surface area contributed by atoms with Gasteiger partial charge in [0, 0.05) is 32.1 Å². The molecule has 2 atom stereocenters. The molecule has 1 rings (SSSR count). The van der Waals surface area contributed by atoms with Gasteiger partial charge in [0.25, 0.3) is 0 Å². The highest BCUT2D eigenvalue weighted by Crippen LogP contribution is 1.91. The summed E-state index contributed by atoms with van der Waals surface area (Å²) in [5.41, 5.74) is 0. The molecule has 1 heterocycles. The summed E-state index contributed by atoms with van der Waals surface area (Å²) in [6.45, 7) is 3.76. The summed E-state index contributed by atoms with van der Waals surface area (Å²) in [6.07, 6.45) is 3.23. The Morgan fingerprint density at radius 2 is 2.40 bits per heavy atom. The molecule has 0 aliphatic heterocycles. The maximum atomic E-state index is 9.41. The Morgan fingerprint density at radius 3 is 3.00 bits per heavy atom. The van der Waals surface area contributed by atoms with Crippen LogP contribution in [0.4, 0.5) is 0 Å². The zero-order valence-electron chi connectivity index (χ0n) is 9.26. The van der Waals surface area contributed by atoms with Crippen LogP contribution in [0.2, 0.25) is 0 Å². The van der Waals surface area contributed by atoms with Crippen LogP contribution in [0.25, 0.3) is 0 Å². The first-order valence-electron chi connectivity index (χ1n) is 5.10. The van der Waals surface area contributed by atoms with Crippen LogP contribution in [0.5, 0.6) is 0 Å². The Morgan fingerprint density at radius 1 is 1.60 bits per heavy atom. The normalized spacial score (nSPS) is 15.1.